The van der Waals surface area contributed by atoms with Crippen molar-refractivity contribution in [2.75, 3.05) is 13.7 Å². The Morgan fingerprint density at radius 3 is 2.94 bits per heavy atom. The van der Waals surface area contributed by atoms with Crippen LogP contribution >= 0.6 is 0 Å². The van der Waals surface area contributed by atoms with Crippen LogP contribution in [0.4, 0.5) is 0 Å². The maximum atomic E-state index is 11.8. The van der Waals surface area contributed by atoms with Gasteiger partial charge in [0.1, 0.15) is 0 Å². The number of rotatable bonds is 3. The molecule has 5 nitrogen and oxygen atoms in total. The van der Waals surface area contributed by atoms with Crippen LogP contribution in [0.3, 0.4) is 0 Å². The predicted molar refractivity (Wildman–Crippen MR) is 62.3 cm³/mol. The summed E-state index contributed by atoms with van der Waals surface area (Å²) in [4.78, 5) is 11.8. The van der Waals surface area contributed by atoms with E-state index in [2.05, 4.69) is 0 Å². The Morgan fingerprint density at radius 2 is 2.33 bits per heavy atom. The van der Waals surface area contributed by atoms with Crippen molar-refractivity contribution >= 4 is 5.97 Å². The highest BCUT2D eigenvalue weighted by atomic mass is 16.6. The topological polar surface area (TPSA) is 68.5 Å². The molecule has 18 heavy (non-hydrogen) atoms. The second kappa shape index (κ2) is 5.52. The SMILES string of the molecule is COc1cc(C#N)ccc1OC(=O)[C@@H]1CCCO1. The first kappa shape index (κ1) is 12.4. The van der Waals surface area contributed by atoms with E-state index in [4.69, 9.17) is 19.5 Å². The third kappa shape index (κ3) is 2.60. The number of hydrogen-bond acceptors (Lipinski definition) is 5. The zero-order valence-electron chi connectivity index (χ0n) is 10.0. The predicted octanol–water partition coefficient (Wildman–Crippen LogP) is 1.65. The molecule has 0 aromatic heterocycles. The van der Waals surface area contributed by atoms with E-state index >= 15 is 0 Å². The molecule has 0 unspecified atom stereocenters. The summed E-state index contributed by atoms with van der Waals surface area (Å²) in [7, 11) is 1.46. The molecule has 1 aliphatic rings. The fourth-order valence-corrected chi connectivity index (χ4v) is 1.76. The third-order valence-corrected chi connectivity index (χ3v) is 2.70. The van der Waals surface area contributed by atoms with E-state index in [1.807, 2.05) is 6.07 Å². The van der Waals surface area contributed by atoms with Crippen LogP contribution in [0.15, 0.2) is 18.2 Å². The third-order valence-electron chi connectivity index (χ3n) is 2.70. The molecule has 1 aliphatic heterocycles. The molecule has 0 amide bonds. The number of hydrogen-bond donors (Lipinski definition) is 0. The minimum atomic E-state index is -0.495. The normalized spacial score (nSPS) is 18.1. The molecule has 0 radical (unpaired) electrons. The van der Waals surface area contributed by atoms with Crippen molar-refractivity contribution in [1.82, 2.24) is 0 Å². The van der Waals surface area contributed by atoms with Crippen LogP contribution in [0.2, 0.25) is 0 Å². The molecule has 0 bridgehead atoms. The Bertz CT molecular complexity index is 486. The number of esters is 1. The zero-order chi connectivity index (χ0) is 13.0. The van der Waals surface area contributed by atoms with Crippen molar-refractivity contribution in [3.05, 3.63) is 23.8 Å². The van der Waals surface area contributed by atoms with Crippen LogP contribution in [0.1, 0.15) is 18.4 Å². The van der Waals surface area contributed by atoms with Crippen LogP contribution in [0, 0.1) is 11.3 Å². The van der Waals surface area contributed by atoms with Crippen LogP contribution in [0.25, 0.3) is 0 Å². The lowest BCUT2D eigenvalue weighted by Crippen LogP contribution is -2.24. The van der Waals surface area contributed by atoms with Gasteiger partial charge in [-0.3, -0.25) is 0 Å². The molecule has 1 aromatic rings. The molecular formula is C13H13NO4. The number of nitrogens with zero attached hydrogens (tertiary/aromatic N) is 1. The molecule has 5 heteroatoms. The molecule has 2 rings (SSSR count). The molecule has 0 N–H and O–H groups in total. The lowest BCUT2D eigenvalue weighted by atomic mass is 10.2. The van der Waals surface area contributed by atoms with E-state index in [0.29, 0.717) is 30.1 Å². The van der Waals surface area contributed by atoms with Crippen molar-refractivity contribution in [1.29, 1.82) is 5.26 Å². The Kier molecular flexibility index (Phi) is 3.80. The van der Waals surface area contributed by atoms with Crippen molar-refractivity contribution < 1.29 is 19.0 Å². The number of methoxy groups -OCH3 is 1. The molecule has 1 atom stereocenters. The van der Waals surface area contributed by atoms with Crippen molar-refractivity contribution in [2.45, 2.75) is 18.9 Å². The monoisotopic (exact) mass is 247 g/mol. The van der Waals surface area contributed by atoms with Gasteiger partial charge in [0.15, 0.2) is 17.6 Å². The average molecular weight is 247 g/mol. The minimum absolute atomic E-state index is 0.303. The number of carbonyl (C=O) groups excluding carboxylic acids is 1. The maximum absolute atomic E-state index is 11.8. The Hall–Kier alpha value is -2.06. The summed E-state index contributed by atoms with van der Waals surface area (Å²) in [6.07, 6.45) is 1.05. The van der Waals surface area contributed by atoms with Crippen molar-refractivity contribution in [2.24, 2.45) is 0 Å². The van der Waals surface area contributed by atoms with Crippen LogP contribution in [-0.2, 0) is 9.53 Å². The quantitative estimate of drug-likeness (QED) is 0.600. The number of ether oxygens (including phenoxy) is 3. The highest BCUT2D eigenvalue weighted by molar-refractivity contribution is 5.78. The van der Waals surface area contributed by atoms with Gasteiger partial charge in [-0.05, 0) is 25.0 Å². The van der Waals surface area contributed by atoms with Gasteiger partial charge in [0.05, 0.1) is 18.7 Å². The summed E-state index contributed by atoms with van der Waals surface area (Å²) in [5.74, 6) is 0.243. The molecule has 1 aromatic carbocycles. The number of carbonyl (C=O) groups is 1. The molecule has 94 valence electrons. The van der Waals surface area contributed by atoms with Crippen molar-refractivity contribution in [3.63, 3.8) is 0 Å². The van der Waals surface area contributed by atoms with Gasteiger partial charge in [-0.1, -0.05) is 0 Å². The van der Waals surface area contributed by atoms with E-state index in [0.717, 1.165) is 6.42 Å². The van der Waals surface area contributed by atoms with Crippen LogP contribution < -0.4 is 9.47 Å². The lowest BCUT2D eigenvalue weighted by Gasteiger charge is -2.12. The summed E-state index contributed by atoms with van der Waals surface area (Å²) in [5, 5.41) is 8.77. The molecule has 0 spiro atoms. The summed E-state index contributed by atoms with van der Waals surface area (Å²) in [6.45, 7) is 0.588. The van der Waals surface area contributed by atoms with Gasteiger partial charge in [-0.15, -0.1) is 0 Å². The van der Waals surface area contributed by atoms with Gasteiger partial charge in [0, 0.05) is 12.7 Å². The average Bonchev–Trinajstić information content (AvgIpc) is 2.93. The maximum Gasteiger partial charge on any atom is 0.340 e. The molecule has 0 aliphatic carbocycles. The van der Waals surface area contributed by atoms with Gasteiger partial charge in [0.25, 0.3) is 0 Å². The molecular weight excluding hydrogens is 234 g/mol. The molecule has 1 saturated heterocycles. The Labute approximate surface area is 105 Å². The fourth-order valence-electron chi connectivity index (χ4n) is 1.76. The van der Waals surface area contributed by atoms with Gasteiger partial charge < -0.3 is 14.2 Å². The molecule has 0 saturated carbocycles. The van der Waals surface area contributed by atoms with Gasteiger partial charge >= 0.3 is 5.97 Å². The smallest absolute Gasteiger partial charge is 0.340 e. The highest BCUT2D eigenvalue weighted by Crippen LogP contribution is 2.29. The number of benzene rings is 1. The van der Waals surface area contributed by atoms with Gasteiger partial charge in [-0.25, -0.2) is 4.79 Å². The summed E-state index contributed by atoms with van der Waals surface area (Å²) >= 11 is 0. The highest BCUT2D eigenvalue weighted by Gasteiger charge is 2.26. The molecule has 1 fully saturated rings. The van der Waals surface area contributed by atoms with Crippen LogP contribution in [0.5, 0.6) is 11.5 Å². The minimum Gasteiger partial charge on any atom is -0.493 e. The standard InChI is InChI=1S/C13H13NO4/c1-16-12-7-9(8-14)4-5-10(12)18-13(15)11-3-2-6-17-11/h4-5,7,11H,2-3,6H2,1H3/t11-/m0/s1. The van der Waals surface area contributed by atoms with Gasteiger partial charge in [-0.2, -0.15) is 5.26 Å². The second-order valence-electron chi connectivity index (χ2n) is 3.90. The Morgan fingerprint density at radius 1 is 1.50 bits per heavy atom. The largest absolute Gasteiger partial charge is 0.493 e. The first-order chi connectivity index (χ1) is 8.74. The first-order valence-electron chi connectivity index (χ1n) is 5.66. The zero-order valence-corrected chi connectivity index (χ0v) is 10.0. The number of nitriles is 1. The lowest BCUT2D eigenvalue weighted by molar-refractivity contribution is -0.144. The van der Waals surface area contributed by atoms with E-state index in [9.17, 15) is 4.79 Å². The summed E-state index contributed by atoms with van der Waals surface area (Å²) in [6, 6.07) is 6.63. The van der Waals surface area contributed by atoms with Crippen LogP contribution in [-0.4, -0.2) is 25.8 Å². The summed E-state index contributed by atoms with van der Waals surface area (Å²) < 4.78 is 15.5. The second-order valence-corrected chi connectivity index (χ2v) is 3.90. The first-order valence-corrected chi connectivity index (χ1v) is 5.66. The van der Waals surface area contributed by atoms with Gasteiger partial charge in [0.2, 0.25) is 0 Å². The van der Waals surface area contributed by atoms with E-state index in [1.54, 1.807) is 12.1 Å². The van der Waals surface area contributed by atoms with Crippen molar-refractivity contribution in [3.8, 4) is 17.6 Å². The van der Waals surface area contributed by atoms with E-state index in [1.165, 1.54) is 13.2 Å². The van der Waals surface area contributed by atoms with E-state index < -0.39 is 12.1 Å². The Balaban J connectivity index is 2.13. The molecule has 1 heterocycles. The summed E-state index contributed by atoms with van der Waals surface area (Å²) in [5.41, 5.74) is 0.448. The fraction of sp³-hybridized carbons (Fsp3) is 0.385. The van der Waals surface area contributed by atoms with E-state index in [-0.39, 0.29) is 0 Å².